The van der Waals surface area contributed by atoms with E-state index < -0.39 is 0 Å². The lowest BCUT2D eigenvalue weighted by atomic mass is 10.1. The summed E-state index contributed by atoms with van der Waals surface area (Å²) in [6.07, 6.45) is 0.212. The molecule has 6 heteroatoms. The van der Waals surface area contributed by atoms with Gasteiger partial charge >= 0.3 is 0 Å². The fourth-order valence-corrected chi connectivity index (χ4v) is 3.19. The predicted molar refractivity (Wildman–Crippen MR) is 95.1 cm³/mol. The van der Waals surface area contributed by atoms with Gasteiger partial charge in [0.1, 0.15) is 0 Å². The number of carbonyl (C=O) groups is 2. The molecule has 1 N–H and O–H groups in total. The van der Waals surface area contributed by atoms with Gasteiger partial charge in [0.15, 0.2) is 0 Å². The molecular weight excluding hydrogens is 347 g/mol. The van der Waals surface area contributed by atoms with Gasteiger partial charge in [-0.25, -0.2) is 0 Å². The molecular formula is C18H16Cl2N2O2. The summed E-state index contributed by atoms with van der Waals surface area (Å²) >= 11 is 11.9. The predicted octanol–water partition coefficient (Wildman–Crippen LogP) is 3.98. The Morgan fingerprint density at radius 3 is 2.62 bits per heavy atom. The van der Waals surface area contributed by atoms with Crippen LogP contribution in [0.15, 0.2) is 48.5 Å². The molecule has 1 aliphatic rings. The number of hydrogen-bond donors (Lipinski definition) is 1. The molecule has 1 fully saturated rings. The van der Waals surface area contributed by atoms with Gasteiger partial charge in [-0.2, -0.15) is 0 Å². The van der Waals surface area contributed by atoms with E-state index in [2.05, 4.69) is 5.32 Å². The lowest BCUT2D eigenvalue weighted by molar-refractivity contribution is -0.128. The van der Waals surface area contributed by atoms with Crippen LogP contribution in [0.2, 0.25) is 10.0 Å². The molecule has 0 aromatic heterocycles. The summed E-state index contributed by atoms with van der Waals surface area (Å²) in [6, 6.07) is 14.6. The van der Waals surface area contributed by atoms with E-state index in [1.165, 1.54) is 0 Å². The zero-order valence-corrected chi connectivity index (χ0v) is 14.3. The summed E-state index contributed by atoms with van der Waals surface area (Å²) in [5, 5.41) is 3.65. The largest absolute Gasteiger partial charge is 0.338 e. The summed E-state index contributed by atoms with van der Waals surface area (Å²) < 4.78 is 0. The van der Waals surface area contributed by atoms with Crippen LogP contribution >= 0.6 is 23.2 Å². The van der Waals surface area contributed by atoms with E-state index in [1.807, 2.05) is 30.3 Å². The minimum Gasteiger partial charge on any atom is -0.338 e. The Balaban J connectivity index is 1.63. The van der Waals surface area contributed by atoms with Gasteiger partial charge in [-0.05, 0) is 23.8 Å². The molecule has 2 aromatic carbocycles. The first-order valence-corrected chi connectivity index (χ1v) is 8.36. The van der Waals surface area contributed by atoms with E-state index in [4.69, 9.17) is 23.2 Å². The second-order valence-corrected chi connectivity index (χ2v) is 6.62. The Hall–Kier alpha value is -2.04. The van der Waals surface area contributed by atoms with Gasteiger partial charge in [0.25, 0.3) is 0 Å². The van der Waals surface area contributed by atoms with Crippen molar-refractivity contribution in [2.75, 3.05) is 11.9 Å². The van der Waals surface area contributed by atoms with E-state index in [0.29, 0.717) is 28.8 Å². The third-order valence-corrected chi connectivity index (χ3v) is 4.54. The molecule has 0 unspecified atom stereocenters. The van der Waals surface area contributed by atoms with Gasteiger partial charge in [0.05, 0.1) is 16.6 Å². The minimum atomic E-state index is -0.382. The van der Waals surface area contributed by atoms with Crippen molar-refractivity contribution in [3.63, 3.8) is 0 Å². The monoisotopic (exact) mass is 362 g/mol. The molecule has 124 valence electrons. The van der Waals surface area contributed by atoms with Crippen molar-refractivity contribution in [1.29, 1.82) is 0 Å². The molecule has 4 nitrogen and oxygen atoms in total. The standard InChI is InChI=1S/C18H16Cl2N2O2/c19-14-6-7-16(15(20)9-14)21-18(24)13-8-17(23)22(11-13)10-12-4-2-1-3-5-12/h1-7,9,13H,8,10-11H2,(H,21,24)/t13-/m0/s1. The Morgan fingerprint density at radius 2 is 1.92 bits per heavy atom. The van der Waals surface area contributed by atoms with Gasteiger partial charge in [-0.1, -0.05) is 53.5 Å². The molecule has 1 atom stereocenters. The van der Waals surface area contributed by atoms with Crippen LogP contribution in [-0.4, -0.2) is 23.3 Å². The number of halogens is 2. The molecule has 1 heterocycles. The van der Waals surface area contributed by atoms with E-state index in [-0.39, 0.29) is 24.2 Å². The number of likely N-dealkylation sites (tertiary alicyclic amines) is 1. The maximum Gasteiger partial charge on any atom is 0.229 e. The van der Waals surface area contributed by atoms with Crippen molar-refractivity contribution in [1.82, 2.24) is 4.90 Å². The maximum atomic E-state index is 12.4. The second kappa shape index (κ2) is 7.24. The molecule has 1 saturated heterocycles. The number of hydrogen-bond acceptors (Lipinski definition) is 2. The smallest absolute Gasteiger partial charge is 0.229 e. The average molecular weight is 363 g/mol. The number of carbonyl (C=O) groups excluding carboxylic acids is 2. The molecule has 24 heavy (non-hydrogen) atoms. The first-order valence-electron chi connectivity index (χ1n) is 7.60. The van der Waals surface area contributed by atoms with Gasteiger partial charge in [-0.3, -0.25) is 9.59 Å². The maximum absolute atomic E-state index is 12.4. The molecule has 2 amide bonds. The first-order chi connectivity index (χ1) is 11.5. The van der Waals surface area contributed by atoms with Gasteiger partial charge < -0.3 is 10.2 Å². The lowest BCUT2D eigenvalue weighted by Crippen LogP contribution is -2.28. The van der Waals surface area contributed by atoms with Crippen molar-refractivity contribution in [3.05, 3.63) is 64.1 Å². The fourth-order valence-electron chi connectivity index (χ4n) is 2.73. The van der Waals surface area contributed by atoms with E-state index in [9.17, 15) is 9.59 Å². The van der Waals surface area contributed by atoms with E-state index in [1.54, 1.807) is 23.1 Å². The molecule has 0 aliphatic carbocycles. The summed E-state index contributed by atoms with van der Waals surface area (Å²) in [7, 11) is 0. The number of anilines is 1. The molecule has 0 radical (unpaired) electrons. The summed E-state index contributed by atoms with van der Waals surface area (Å²) in [5.41, 5.74) is 1.55. The van der Waals surface area contributed by atoms with E-state index >= 15 is 0 Å². The van der Waals surface area contributed by atoms with Crippen LogP contribution in [0, 0.1) is 5.92 Å². The van der Waals surface area contributed by atoms with Gasteiger partial charge in [0.2, 0.25) is 11.8 Å². The van der Waals surface area contributed by atoms with Gasteiger partial charge in [0, 0.05) is 24.5 Å². The number of nitrogens with zero attached hydrogens (tertiary/aromatic N) is 1. The van der Waals surface area contributed by atoms with Crippen molar-refractivity contribution in [3.8, 4) is 0 Å². The topological polar surface area (TPSA) is 49.4 Å². The van der Waals surface area contributed by atoms with Crippen molar-refractivity contribution in [2.45, 2.75) is 13.0 Å². The minimum absolute atomic E-state index is 0.0128. The summed E-state index contributed by atoms with van der Waals surface area (Å²) in [5.74, 6) is -0.600. The SMILES string of the molecule is O=C(Nc1ccc(Cl)cc1Cl)[C@H]1CC(=O)N(Cc2ccccc2)C1. The molecule has 3 rings (SSSR count). The fraction of sp³-hybridized carbons (Fsp3) is 0.222. The lowest BCUT2D eigenvalue weighted by Gasteiger charge is -2.17. The van der Waals surface area contributed by atoms with Crippen molar-refractivity contribution >= 4 is 40.7 Å². The highest BCUT2D eigenvalue weighted by Crippen LogP contribution is 2.27. The molecule has 0 spiro atoms. The number of benzene rings is 2. The highest BCUT2D eigenvalue weighted by molar-refractivity contribution is 6.36. The number of rotatable bonds is 4. The Bertz CT molecular complexity index is 765. The average Bonchev–Trinajstić information content (AvgIpc) is 2.92. The van der Waals surface area contributed by atoms with Crippen LogP contribution < -0.4 is 5.32 Å². The van der Waals surface area contributed by atoms with Crippen LogP contribution in [0.4, 0.5) is 5.69 Å². The Kier molecular flexibility index (Phi) is 5.07. The van der Waals surface area contributed by atoms with Crippen LogP contribution in [0.25, 0.3) is 0 Å². The molecule has 2 aromatic rings. The normalized spacial score (nSPS) is 17.2. The molecule has 0 bridgehead atoms. The summed E-state index contributed by atoms with van der Waals surface area (Å²) in [6.45, 7) is 0.927. The van der Waals surface area contributed by atoms with Crippen LogP contribution in [0.1, 0.15) is 12.0 Å². The van der Waals surface area contributed by atoms with Crippen LogP contribution in [0.5, 0.6) is 0 Å². The second-order valence-electron chi connectivity index (χ2n) is 5.77. The summed E-state index contributed by atoms with van der Waals surface area (Å²) in [4.78, 5) is 26.3. The molecule has 0 saturated carbocycles. The first kappa shape index (κ1) is 16.8. The third kappa shape index (κ3) is 3.89. The van der Waals surface area contributed by atoms with Crippen molar-refractivity contribution < 1.29 is 9.59 Å². The van der Waals surface area contributed by atoms with Gasteiger partial charge in [-0.15, -0.1) is 0 Å². The van der Waals surface area contributed by atoms with Crippen molar-refractivity contribution in [2.24, 2.45) is 5.92 Å². The third-order valence-electron chi connectivity index (χ3n) is 3.99. The highest BCUT2D eigenvalue weighted by atomic mass is 35.5. The number of amides is 2. The van der Waals surface area contributed by atoms with E-state index in [0.717, 1.165) is 5.56 Å². The molecule has 1 aliphatic heterocycles. The van der Waals surface area contributed by atoms with Crippen LogP contribution in [0.3, 0.4) is 0 Å². The number of nitrogens with one attached hydrogen (secondary N) is 1. The van der Waals surface area contributed by atoms with Crippen LogP contribution in [-0.2, 0) is 16.1 Å². The Labute approximate surface area is 150 Å². The Morgan fingerprint density at radius 1 is 1.17 bits per heavy atom. The zero-order valence-electron chi connectivity index (χ0n) is 12.8. The quantitative estimate of drug-likeness (QED) is 0.893. The zero-order chi connectivity index (χ0) is 17.1. The highest BCUT2D eigenvalue weighted by Gasteiger charge is 2.34.